The smallest absolute Gasteiger partial charge is 0.415 e. The minimum atomic E-state index is -0.682. The average Bonchev–Trinajstić information content (AvgIpc) is 2.92. The van der Waals surface area contributed by atoms with Crippen LogP contribution in [0.5, 0.6) is 0 Å². The van der Waals surface area contributed by atoms with Gasteiger partial charge in [0.15, 0.2) is 12.4 Å². The predicted molar refractivity (Wildman–Crippen MR) is 79.2 cm³/mol. The maximum atomic E-state index is 11.8. The van der Waals surface area contributed by atoms with Gasteiger partial charge in [0.1, 0.15) is 0 Å². The van der Waals surface area contributed by atoms with Crippen LogP contribution in [-0.2, 0) is 31.8 Å². The van der Waals surface area contributed by atoms with Crippen LogP contribution >= 0.6 is 0 Å². The fourth-order valence-electron chi connectivity index (χ4n) is 2.71. The molecule has 0 N–H and O–H groups in total. The van der Waals surface area contributed by atoms with Crippen molar-refractivity contribution < 1.29 is 23.8 Å². The molecule has 1 saturated heterocycles. The van der Waals surface area contributed by atoms with Gasteiger partial charge >= 0.3 is 6.09 Å². The van der Waals surface area contributed by atoms with Crippen molar-refractivity contribution in [1.29, 1.82) is 0 Å². The number of fused-ring (bicyclic) bond motifs is 1. The van der Waals surface area contributed by atoms with Gasteiger partial charge in [-0.05, 0) is 36.1 Å². The summed E-state index contributed by atoms with van der Waals surface area (Å²) in [6.07, 6.45) is 1.14. The molecule has 3 rings (SSSR count). The molecule has 0 aromatic heterocycles. The summed E-state index contributed by atoms with van der Waals surface area (Å²) < 4.78 is 16.0. The average molecular weight is 305 g/mol. The molecule has 0 saturated carbocycles. The number of carbonyl (C=O) groups is 2. The van der Waals surface area contributed by atoms with Crippen LogP contribution in [0, 0.1) is 0 Å². The minimum Gasteiger partial charge on any atom is -0.436 e. The molecule has 1 atom stereocenters. The standard InChI is InChI=1S/C16H19NO5/c18-11-15-10-17(16(19)22-15)14-2-1-12-3-5-20-7-8-21-6-4-13(12)9-14/h1-2,9,11,15H,3-8,10H2/t15-/m1/s1. The zero-order valence-corrected chi connectivity index (χ0v) is 12.3. The lowest BCUT2D eigenvalue weighted by atomic mass is 10.0. The Morgan fingerprint density at radius 2 is 1.77 bits per heavy atom. The first-order chi connectivity index (χ1) is 10.8. The van der Waals surface area contributed by atoms with Crippen molar-refractivity contribution >= 4 is 18.1 Å². The van der Waals surface area contributed by atoms with Crippen LogP contribution in [0.25, 0.3) is 0 Å². The SMILES string of the molecule is O=C[C@H]1CN(c2ccc3c(c2)CCOCCOCC3)C(=O)O1. The highest BCUT2D eigenvalue weighted by atomic mass is 16.6. The highest BCUT2D eigenvalue weighted by Gasteiger charge is 2.32. The van der Waals surface area contributed by atoms with E-state index >= 15 is 0 Å². The van der Waals surface area contributed by atoms with Gasteiger partial charge in [-0.15, -0.1) is 0 Å². The molecule has 0 radical (unpaired) electrons. The molecule has 0 aliphatic carbocycles. The minimum absolute atomic E-state index is 0.265. The molecule has 2 aliphatic rings. The van der Waals surface area contributed by atoms with Crippen molar-refractivity contribution in [1.82, 2.24) is 0 Å². The molecule has 1 aromatic rings. The number of cyclic esters (lactones) is 1. The topological polar surface area (TPSA) is 65.1 Å². The monoisotopic (exact) mass is 305 g/mol. The molecule has 2 aliphatic heterocycles. The Balaban J connectivity index is 1.82. The number of carbonyl (C=O) groups excluding carboxylic acids is 2. The number of amides is 1. The Labute approximate surface area is 128 Å². The van der Waals surface area contributed by atoms with E-state index in [0.29, 0.717) is 32.7 Å². The van der Waals surface area contributed by atoms with E-state index in [-0.39, 0.29) is 6.54 Å². The summed E-state index contributed by atoms with van der Waals surface area (Å²) in [5, 5.41) is 0. The van der Waals surface area contributed by atoms with E-state index < -0.39 is 12.2 Å². The lowest BCUT2D eigenvalue weighted by Crippen LogP contribution is -2.25. The van der Waals surface area contributed by atoms with Gasteiger partial charge in [-0.25, -0.2) is 4.79 Å². The molecular formula is C16H19NO5. The van der Waals surface area contributed by atoms with Crippen LogP contribution in [0.3, 0.4) is 0 Å². The van der Waals surface area contributed by atoms with Gasteiger partial charge in [-0.2, -0.15) is 0 Å². The number of hydrogen-bond donors (Lipinski definition) is 0. The van der Waals surface area contributed by atoms with E-state index in [2.05, 4.69) is 0 Å². The van der Waals surface area contributed by atoms with Crippen LogP contribution in [0.15, 0.2) is 18.2 Å². The quantitative estimate of drug-likeness (QED) is 0.772. The fourth-order valence-corrected chi connectivity index (χ4v) is 2.71. The summed E-state index contributed by atoms with van der Waals surface area (Å²) in [4.78, 5) is 24.1. The van der Waals surface area contributed by atoms with Gasteiger partial charge in [0.05, 0.1) is 33.0 Å². The van der Waals surface area contributed by atoms with E-state index in [1.54, 1.807) is 0 Å². The number of benzene rings is 1. The number of ether oxygens (including phenoxy) is 3. The highest BCUT2D eigenvalue weighted by molar-refractivity contribution is 5.92. The maximum absolute atomic E-state index is 11.8. The summed E-state index contributed by atoms with van der Waals surface area (Å²) in [6.45, 7) is 2.78. The molecule has 1 aromatic carbocycles. The van der Waals surface area contributed by atoms with Crippen molar-refractivity contribution in [2.75, 3.05) is 37.9 Å². The van der Waals surface area contributed by atoms with E-state index in [9.17, 15) is 9.59 Å². The largest absolute Gasteiger partial charge is 0.436 e. The van der Waals surface area contributed by atoms with Crippen LogP contribution in [-0.4, -0.2) is 51.5 Å². The van der Waals surface area contributed by atoms with Gasteiger partial charge in [0.2, 0.25) is 0 Å². The normalized spacial score (nSPS) is 22.8. The predicted octanol–water partition coefficient (Wildman–Crippen LogP) is 1.34. The van der Waals surface area contributed by atoms with Crippen molar-refractivity contribution in [2.45, 2.75) is 18.9 Å². The molecule has 6 nitrogen and oxygen atoms in total. The fraction of sp³-hybridized carbons (Fsp3) is 0.500. The maximum Gasteiger partial charge on any atom is 0.415 e. The third-order valence-electron chi connectivity index (χ3n) is 3.89. The highest BCUT2D eigenvalue weighted by Crippen LogP contribution is 2.25. The Morgan fingerprint density at radius 3 is 2.45 bits per heavy atom. The molecule has 0 spiro atoms. The lowest BCUT2D eigenvalue weighted by Gasteiger charge is -2.18. The summed E-state index contributed by atoms with van der Waals surface area (Å²) in [7, 11) is 0. The van der Waals surface area contributed by atoms with E-state index in [1.807, 2.05) is 18.2 Å². The summed E-state index contributed by atoms with van der Waals surface area (Å²) in [5.41, 5.74) is 3.10. The second-order valence-electron chi connectivity index (χ2n) is 5.35. The van der Waals surface area contributed by atoms with Crippen LogP contribution < -0.4 is 4.90 Å². The zero-order valence-electron chi connectivity index (χ0n) is 12.3. The lowest BCUT2D eigenvalue weighted by molar-refractivity contribution is -0.113. The number of aldehydes is 1. The Morgan fingerprint density at radius 1 is 1.05 bits per heavy atom. The molecule has 1 amide bonds. The van der Waals surface area contributed by atoms with Crippen LogP contribution in [0.4, 0.5) is 10.5 Å². The first kappa shape index (κ1) is 15.0. The van der Waals surface area contributed by atoms with E-state index in [0.717, 1.165) is 24.1 Å². The van der Waals surface area contributed by atoms with Gasteiger partial charge in [0.25, 0.3) is 0 Å². The van der Waals surface area contributed by atoms with Gasteiger partial charge in [-0.1, -0.05) is 6.07 Å². The van der Waals surface area contributed by atoms with Gasteiger partial charge in [-0.3, -0.25) is 9.69 Å². The third-order valence-corrected chi connectivity index (χ3v) is 3.89. The van der Waals surface area contributed by atoms with E-state index in [4.69, 9.17) is 14.2 Å². The first-order valence-corrected chi connectivity index (χ1v) is 7.48. The zero-order chi connectivity index (χ0) is 15.4. The van der Waals surface area contributed by atoms with Crippen LogP contribution in [0.1, 0.15) is 11.1 Å². The Hall–Kier alpha value is -1.92. The van der Waals surface area contributed by atoms with Crippen LogP contribution in [0.2, 0.25) is 0 Å². The number of hydrogen-bond acceptors (Lipinski definition) is 5. The number of rotatable bonds is 2. The van der Waals surface area contributed by atoms with Gasteiger partial charge < -0.3 is 14.2 Å². The molecule has 1 fully saturated rings. The second-order valence-corrected chi connectivity index (χ2v) is 5.35. The molecule has 0 unspecified atom stereocenters. The molecule has 2 heterocycles. The summed E-state index contributed by atoms with van der Waals surface area (Å²) in [6, 6.07) is 5.88. The molecule has 118 valence electrons. The molecular weight excluding hydrogens is 286 g/mol. The van der Waals surface area contributed by atoms with Crippen molar-refractivity contribution in [3.05, 3.63) is 29.3 Å². The molecule has 0 bridgehead atoms. The summed E-state index contributed by atoms with van der Waals surface area (Å²) in [5.74, 6) is 0. The number of nitrogens with zero attached hydrogens (tertiary/aromatic N) is 1. The number of anilines is 1. The van der Waals surface area contributed by atoms with Crippen molar-refractivity contribution in [2.24, 2.45) is 0 Å². The Bertz CT molecular complexity index is 559. The Kier molecular flexibility index (Phi) is 4.70. The molecule has 6 heteroatoms. The second kappa shape index (κ2) is 6.89. The third kappa shape index (κ3) is 3.28. The molecule has 22 heavy (non-hydrogen) atoms. The van der Waals surface area contributed by atoms with Crippen molar-refractivity contribution in [3.63, 3.8) is 0 Å². The summed E-state index contributed by atoms with van der Waals surface area (Å²) >= 11 is 0. The van der Waals surface area contributed by atoms with Crippen molar-refractivity contribution in [3.8, 4) is 0 Å². The van der Waals surface area contributed by atoms with E-state index in [1.165, 1.54) is 10.5 Å². The first-order valence-electron chi connectivity index (χ1n) is 7.48. The van der Waals surface area contributed by atoms with Gasteiger partial charge in [0, 0.05) is 5.69 Å².